The third kappa shape index (κ3) is 4.36. The van der Waals surface area contributed by atoms with Gasteiger partial charge in [-0.15, -0.1) is 0 Å². The molecule has 0 atom stereocenters. The van der Waals surface area contributed by atoms with Crippen molar-refractivity contribution in [2.24, 2.45) is 0 Å². The van der Waals surface area contributed by atoms with Crippen LogP contribution in [0.2, 0.25) is 10.0 Å². The first kappa shape index (κ1) is 23.0. The molecule has 3 rings (SSSR count). The van der Waals surface area contributed by atoms with Gasteiger partial charge in [0.15, 0.2) is 17.5 Å². The number of carbonyl (C=O) groups is 1. The summed E-state index contributed by atoms with van der Waals surface area (Å²) in [6.45, 7) is 0. The zero-order valence-electron chi connectivity index (χ0n) is 14.8. The molecule has 0 radical (unpaired) electrons. The summed E-state index contributed by atoms with van der Waals surface area (Å²) in [5.74, 6) is -10.3. The highest BCUT2D eigenvalue weighted by atomic mass is 35.5. The number of hydrogen-bond acceptors (Lipinski definition) is 3. The van der Waals surface area contributed by atoms with E-state index >= 15 is 0 Å². The van der Waals surface area contributed by atoms with Crippen molar-refractivity contribution in [2.45, 2.75) is 4.90 Å². The summed E-state index contributed by atoms with van der Waals surface area (Å²) in [5, 5.41) is -0.823. The van der Waals surface area contributed by atoms with Crippen LogP contribution in [0.1, 0.15) is 10.4 Å². The van der Waals surface area contributed by atoms with Crippen molar-refractivity contribution in [2.75, 3.05) is 0 Å². The van der Waals surface area contributed by atoms with E-state index in [1.54, 1.807) is 4.72 Å². The Morgan fingerprint density at radius 2 is 1.45 bits per heavy atom. The van der Waals surface area contributed by atoms with Gasteiger partial charge >= 0.3 is 0 Å². The maximum atomic E-state index is 14.3. The van der Waals surface area contributed by atoms with Crippen LogP contribution in [0, 0.1) is 29.1 Å². The number of nitrogens with one attached hydrogen (secondary N) is 1. The molecule has 4 nitrogen and oxygen atoms in total. The number of rotatable bonds is 4. The van der Waals surface area contributed by atoms with Crippen LogP contribution < -0.4 is 4.72 Å². The zero-order chi connectivity index (χ0) is 23.1. The van der Waals surface area contributed by atoms with E-state index in [0.717, 1.165) is 0 Å². The summed E-state index contributed by atoms with van der Waals surface area (Å²) in [4.78, 5) is 11.3. The van der Waals surface area contributed by atoms with Crippen LogP contribution in [0.15, 0.2) is 47.4 Å². The second-order valence-corrected chi connectivity index (χ2v) is 8.49. The van der Waals surface area contributed by atoms with E-state index in [4.69, 9.17) is 23.2 Å². The Kier molecular flexibility index (Phi) is 6.26. The molecular formula is C19H8Cl2F5NO3S. The lowest BCUT2D eigenvalue weighted by Crippen LogP contribution is -2.31. The first-order chi connectivity index (χ1) is 14.4. The second-order valence-electron chi connectivity index (χ2n) is 6.02. The smallest absolute Gasteiger partial charge is 0.266 e. The number of benzene rings is 3. The molecule has 0 aliphatic rings. The first-order valence-electron chi connectivity index (χ1n) is 8.08. The Balaban J connectivity index is 2.13. The number of sulfonamides is 1. The van der Waals surface area contributed by atoms with Crippen molar-refractivity contribution in [1.29, 1.82) is 0 Å². The van der Waals surface area contributed by atoms with Crippen LogP contribution in [0.5, 0.6) is 0 Å². The van der Waals surface area contributed by atoms with E-state index in [2.05, 4.69) is 0 Å². The van der Waals surface area contributed by atoms with E-state index < -0.39 is 66.1 Å². The zero-order valence-corrected chi connectivity index (χ0v) is 17.1. The Morgan fingerprint density at radius 3 is 2.10 bits per heavy atom. The second kappa shape index (κ2) is 8.45. The molecule has 0 spiro atoms. The molecule has 3 aromatic rings. The van der Waals surface area contributed by atoms with Crippen LogP contribution in [0.3, 0.4) is 0 Å². The number of amides is 1. The molecule has 162 valence electrons. The summed E-state index contributed by atoms with van der Waals surface area (Å²) < 4.78 is 96.2. The summed E-state index contributed by atoms with van der Waals surface area (Å²) in [6, 6.07) is 6.18. The van der Waals surface area contributed by atoms with Gasteiger partial charge in [-0.05, 0) is 24.3 Å². The van der Waals surface area contributed by atoms with E-state index in [9.17, 15) is 35.2 Å². The predicted octanol–water partition coefficient (Wildman–Crippen LogP) is 5.47. The van der Waals surface area contributed by atoms with Crippen LogP contribution in [-0.2, 0) is 10.0 Å². The van der Waals surface area contributed by atoms with Crippen LogP contribution in [-0.4, -0.2) is 14.3 Å². The van der Waals surface area contributed by atoms with Gasteiger partial charge in [-0.3, -0.25) is 4.79 Å². The van der Waals surface area contributed by atoms with Gasteiger partial charge in [0.25, 0.3) is 15.9 Å². The summed E-state index contributed by atoms with van der Waals surface area (Å²) in [5.41, 5.74) is -2.64. The van der Waals surface area contributed by atoms with Crippen molar-refractivity contribution in [3.05, 3.63) is 87.2 Å². The molecular weight excluding hydrogens is 488 g/mol. The lowest BCUT2D eigenvalue weighted by atomic mass is 10.0. The molecule has 0 aromatic heterocycles. The fourth-order valence-corrected chi connectivity index (χ4v) is 4.35. The summed E-state index contributed by atoms with van der Waals surface area (Å²) >= 11 is 11.6. The van der Waals surface area contributed by atoms with Crippen molar-refractivity contribution >= 4 is 39.1 Å². The maximum absolute atomic E-state index is 14.3. The molecule has 1 N–H and O–H groups in total. The van der Waals surface area contributed by atoms with E-state index in [-0.39, 0.29) is 16.7 Å². The molecule has 0 aliphatic heterocycles. The number of carbonyl (C=O) groups excluding carboxylic acids is 1. The fourth-order valence-electron chi connectivity index (χ4n) is 2.62. The Labute approximate surface area is 182 Å². The van der Waals surface area contributed by atoms with Gasteiger partial charge in [-0.1, -0.05) is 35.3 Å². The molecule has 0 aliphatic carbocycles. The minimum Gasteiger partial charge on any atom is -0.268 e. The Bertz CT molecular complexity index is 1330. The van der Waals surface area contributed by atoms with Gasteiger partial charge in [0.05, 0.1) is 21.2 Å². The average molecular weight is 496 g/mol. The molecule has 0 saturated carbocycles. The van der Waals surface area contributed by atoms with E-state index in [1.165, 1.54) is 24.3 Å². The van der Waals surface area contributed by atoms with E-state index in [1.807, 2.05) is 0 Å². The Hall–Kier alpha value is -2.69. The quantitative estimate of drug-likeness (QED) is 0.296. The topological polar surface area (TPSA) is 63.2 Å². The molecule has 0 unspecified atom stereocenters. The van der Waals surface area contributed by atoms with Gasteiger partial charge in [-0.25, -0.2) is 35.1 Å². The molecule has 1 amide bonds. The highest BCUT2D eigenvalue weighted by Gasteiger charge is 2.28. The van der Waals surface area contributed by atoms with Crippen molar-refractivity contribution in [1.82, 2.24) is 4.72 Å². The minimum atomic E-state index is -4.82. The minimum absolute atomic E-state index is 0.0326. The fraction of sp³-hybridized carbons (Fsp3) is 0. The number of hydrogen-bond donors (Lipinski definition) is 1. The molecule has 31 heavy (non-hydrogen) atoms. The normalized spacial score (nSPS) is 11.5. The van der Waals surface area contributed by atoms with Crippen LogP contribution in [0.25, 0.3) is 11.1 Å². The van der Waals surface area contributed by atoms with Crippen molar-refractivity contribution in [3.8, 4) is 11.1 Å². The van der Waals surface area contributed by atoms with Gasteiger partial charge in [0.1, 0.15) is 16.5 Å². The first-order valence-corrected chi connectivity index (χ1v) is 10.3. The van der Waals surface area contributed by atoms with Gasteiger partial charge in [-0.2, -0.15) is 0 Å². The molecule has 0 saturated heterocycles. The highest BCUT2D eigenvalue weighted by molar-refractivity contribution is 7.90. The SMILES string of the molecule is O=C(NS(=O)(=O)c1cc(-c2c(F)cc(F)c(F)c2F)c(F)cc1Cl)c1ccccc1Cl. The van der Waals surface area contributed by atoms with Crippen molar-refractivity contribution < 1.29 is 35.2 Å². The molecule has 12 heteroatoms. The van der Waals surface area contributed by atoms with Crippen molar-refractivity contribution in [3.63, 3.8) is 0 Å². The highest BCUT2D eigenvalue weighted by Crippen LogP contribution is 2.35. The predicted molar refractivity (Wildman–Crippen MR) is 103 cm³/mol. The van der Waals surface area contributed by atoms with E-state index in [0.29, 0.717) is 12.1 Å². The standard InChI is InChI=1S/C19H8Cl2F5NO3S/c20-10-4-2-1-3-8(10)19(28)27-31(29,30)15-5-9(12(22)6-11(15)21)16-13(23)7-14(24)17(25)18(16)26/h1-7H,(H,27,28). The monoisotopic (exact) mass is 495 g/mol. The van der Waals surface area contributed by atoms with Gasteiger partial charge in [0, 0.05) is 11.6 Å². The summed E-state index contributed by atoms with van der Waals surface area (Å²) in [6.07, 6.45) is 0. The molecule has 3 aromatic carbocycles. The van der Waals surface area contributed by atoms with Crippen LogP contribution >= 0.6 is 23.2 Å². The number of halogens is 7. The molecule has 0 heterocycles. The summed E-state index contributed by atoms with van der Waals surface area (Å²) in [7, 11) is -4.82. The lowest BCUT2D eigenvalue weighted by Gasteiger charge is -2.13. The molecule has 0 bridgehead atoms. The largest absolute Gasteiger partial charge is 0.268 e. The third-order valence-electron chi connectivity index (χ3n) is 4.04. The average Bonchev–Trinajstić information content (AvgIpc) is 2.67. The van der Waals surface area contributed by atoms with Gasteiger partial charge < -0.3 is 0 Å². The van der Waals surface area contributed by atoms with Gasteiger partial charge in [0.2, 0.25) is 0 Å². The third-order valence-corrected chi connectivity index (χ3v) is 6.17. The lowest BCUT2D eigenvalue weighted by molar-refractivity contribution is 0.0981. The maximum Gasteiger partial charge on any atom is 0.266 e. The van der Waals surface area contributed by atoms with Crippen LogP contribution in [0.4, 0.5) is 22.0 Å². The Morgan fingerprint density at radius 1 is 0.806 bits per heavy atom. The molecule has 0 fully saturated rings.